The van der Waals surface area contributed by atoms with E-state index in [4.69, 9.17) is 4.74 Å². The molecule has 1 aliphatic heterocycles. The highest BCUT2D eigenvalue weighted by atomic mass is 32.2. The van der Waals surface area contributed by atoms with Gasteiger partial charge in [0.25, 0.3) is 10.0 Å². The van der Waals surface area contributed by atoms with Crippen LogP contribution in [0.2, 0.25) is 0 Å². The number of sulfonamides is 1. The fourth-order valence-corrected chi connectivity index (χ4v) is 5.95. The van der Waals surface area contributed by atoms with Crippen LogP contribution in [0, 0.1) is 6.92 Å². The van der Waals surface area contributed by atoms with Gasteiger partial charge in [0, 0.05) is 18.8 Å². The van der Waals surface area contributed by atoms with E-state index in [9.17, 15) is 13.2 Å². The second-order valence-corrected chi connectivity index (χ2v) is 11.3. The summed E-state index contributed by atoms with van der Waals surface area (Å²) in [6, 6.07) is 21.2. The van der Waals surface area contributed by atoms with E-state index in [0.29, 0.717) is 11.4 Å². The standard InChI is InChI=1S/C29H35N3O4S/c1-22-7-17-28(18-8-22)37(34,35)32(26-13-15-27(36-3)16-14-26)21-29(33)30-23(2)24-9-11-25(12-10-24)31-19-5-4-6-20-31/h7-18,23H,4-6,19-21H2,1-3H3,(H,30,33). The van der Waals surface area contributed by atoms with E-state index in [-0.39, 0.29) is 23.4 Å². The molecule has 0 spiro atoms. The van der Waals surface area contributed by atoms with Crippen LogP contribution in [0.3, 0.4) is 0 Å². The van der Waals surface area contributed by atoms with Gasteiger partial charge >= 0.3 is 0 Å². The van der Waals surface area contributed by atoms with Gasteiger partial charge in [-0.3, -0.25) is 9.10 Å². The van der Waals surface area contributed by atoms with Crippen LogP contribution in [0.5, 0.6) is 5.75 Å². The molecule has 4 rings (SSSR count). The molecule has 1 heterocycles. The van der Waals surface area contributed by atoms with Crippen LogP contribution in [0.4, 0.5) is 11.4 Å². The van der Waals surface area contributed by atoms with Gasteiger partial charge in [-0.25, -0.2) is 8.42 Å². The van der Waals surface area contributed by atoms with Crippen LogP contribution in [-0.2, 0) is 14.8 Å². The van der Waals surface area contributed by atoms with Crippen LogP contribution < -0.4 is 19.3 Å². The number of anilines is 2. The molecule has 37 heavy (non-hydrogen) atoms. The highest BCUT2D eigenvalue weighted by Gasteiger charge is 2.28. The number of methoxy groups -OCH3 is 1. The first-order valence-electron chi connectivity index (χ1n) is 12.7. The lowest BCUT2D eigenvalue weighted by molar-refractivity contribution is -0.120. The molecular weight excluding hydrogens is 486 g/mol. The Morgan fingerprint density at radius 2 is 1.57 bits per heavy atom. The van der Waals surface area contributed by atoms with Crippen molar-refractivity contribution in [1.29, 1.82) is 0 Å². The molecule has 0 aromatic heterocycles. The van der Waals surface area contributed by atoms with Gasteiger partial charge in [0.15, 0.2) is 0 Å². The molecule has 1 atom stereocenters. The molecule has 7 nitrogen and oxygen atoms in total. The molecule has 8 heteroatoms. The number of rotatable bonds is 9. The van der Waals surface area contributed by atoms with Gasteiger partial charge in [-0.2, -0.15) is 0 Å². The van der Waals surface area contributed by atoms with Crippen molar-refractivity contribution in [2.45, 2.75) is 44.0 Å². The zero-order chi connectivity index (χ0) is 26.4. The van der Waals surface area contributed by atoms with Crippen molar-refractivity contribution in [2.24, 2.45) is 0 Å². The topological polar surface area (TPSA) is 79.0 Å². The van der Waals surface area contributed by atoms with E-state index in [1.165, 1.54) is 24.9 Å². The first kappa shape index (κ1) is 26.5. The molecule has 1 amide bonds. The first-order valence-corrected chi connectivity index (χ1v) is 14.1. The SMILES string of the molecule is COc1ccc(N(CC(=O)NC(C)c2ccc(N3CCCCC3)cc2)S(=O)(=O)c2ccc(C)cc2)cc1. The molecule has 3 aromatic carbocycles. The van der Waals surface area contributed by atoms with Gasteiger partial charge in [-0.15, -0.1) is 0 Å². The predicted molar refractivity (Wildman–Crippen MR) is 148 cm³/mol. The number of benzene rings is 3. The maximum Gasteiger partial charge on any atom is 0.264 e. The zero-order valence-corrected chi connectivity index (χ0v) is 22.5. The number of aryl methyl sites for hydroxylation is 1. The number of nitrogens with zero attached hydrogens (tertiary/aromatic N) is 2. The summed E-state index contributed by atoms with van der Waals surface area (Å²) in [5, 5.41) is 2.97. The summed E-state index contributed by atoms with van der Waals surface area (Å²) in [5.74, 6) is 0.210. The van der Waals surface area contributed by atoms with Gasteiger partial charge in [-0.05, 0) is 87.2 Å². The van der Waals surface area contributed by atoms with E-state index in [2.05, 4.69) is 22.3 Å². The third-order valence-corrected chi connectivity index (χ3v) is 8.54. The minimum atomic E-state index is -3.98. The van der Waals surface area contributed by atoms with E-state index >= 15 is 0 Å². The second-order valence-electron chi connectivity index (χ2n) is 9.45. The Labute approximate surface area is 220 Å². The minimum Gasteiger partial charge on any atom is -0.497 e. The van der Waals surface area contributed by atoms with Crippen molar-refractivity contribution in [1.82, 2.24) is 5.32 Å². The summed E-state index contributed by atoms with van der Waals surface area (Å²) in [7, 11) is -2.43. The zero-order valence-electron chi connectivity index (χ0n) is 21.7. The van der Waals surface area contributed by atoms with Crippen molar-refractivity contribution in [3.05, 3.63) is 83.9 Å². The maximum atomic E-state index is 13.6. The average Bonchev–Trinajstić information content (AvgIpc) is 2.92. The molecule has 196 valence electrons. The third-order valence-electron chi connectivity index (χ3n) is 6.75. The van der Waals surface area contributed by atoms with Crippen LogP contribution >= 0.6 is 0 Å². The second kappa shape index (κ2) is 11.7. The molecule has 1 N–H and O–H groups in total. The maximum absolute atomic E-state index is 13.6. The van der Waals surface area contributed by atoms with E-state index in [0.717, 1.165) is 28.5 Å². The van der Waals surface area contributed by atoms with Crippen LogP contribution in [0.15, 0.2) is 77.7 Å². The Morgan fingerprint density at radius 1 is 0.946 bits per heavy atom. The minimum absolute atomic E-state index is 0.128. The number of carbonyl (C=O) groups is 1. The lowest BCUT2D eigenvalue weighted by atomic mass is 10.1. The van der Waals surface area contributed by atoms with E-state index < -0.39 is 10.0 Å². The number of hydrogen-bond acceptors (Lipinski definition) is 5. The van der Waals surface area contributed by atoms with Crippen molar-refractivity contribution >= 4 is 27.3 Å². The molecule has 1 unspecified atom stereocenters. The third kappa shape index (κ3) is 6.43. The number of piperidine rings is 1. The van der Waals surface area contributed by atoms with Crippen molar-refractivity contribution < 1.29 is 17.9 Å². The van der Waals surface area contributed by atoms with Gasteiger partial charge in [0.2, 0.25) is 5.91 Å². The summed E-state index contributed by atoms with van der Waals surface area (Å²) in [6.07, 6.45) is 3.71. The first-order chi connectivity index (χ1) is 17.8. The van der Waals surface area contributed by atoms with Gasteiger partial charge < -0.3 is 15.0 Å². The molecule has 0 radical (unpaired) electrons. The van der Waals surface area contributed by atoms with Crippen LogP contribution in [-0.4, -0.2) is 41.1 Å². The Balaban J connectivity index is 1.51. The van der Waals surface area contributed by atoms with E-state index in [1.807, 2.05) is 26.0 Å². The summed E-state index contributed by atoms with van der Waals surface area (Å²) in [4.78, 5) is 15.6. The molecule has 0 bridgehead atoms. The number of hydrogen-bond donors (Lipinski definition) is 1. The smallest absolute Gasteiger partial charge is 0.264 e. The summed E-state index contributed by atoms with van der Waals surface area (Å²) in [6.45, 7) is 5.59. The van der Waals surface area contributed by atoms with Crippen molar-refractivity contribution in [3.8, 4) is 5.75 Å². The Hall–Kier alpha value is -3.52. The van der Waals surface area contributed by atoms with E-state index in [1.54, 1.807) is 55.6 Å². The molecule has 1 saturated heterocycles. The Morgan fingerprint density at radius 3 is 2.16 bits per heavy atom. The van der Waals surface area contributed by atoms with Crippen LogP contribution in [0.1, 0.15) is 43.4 Å². The highest BCUT2D eigenvalue weighted by molar-refractivity contribution is 7.92. The molecule has 3 aromatic rings. The van der Waals surface area contributed by atoms with Crippen molar-refractivity contribution in [2.75, 3.05) is 35.9 Å². The largest absolute Gasteiger partial charge is 0.497 e. The number of carbonyl (C=O) groups excluding carboxylic acids is 1. The highest BCUT2D eigenvalue weighted by Crippen LogP contribution is 2.27. The van der Waals surface area contributed by atoms with Gasteiger partial charge in [0.1, 0.15) is 12.3 Å². The predicted octanol–water partition coefficient (Wildman–Crippen LogP) is 5.07. The molecule has 0 saturated carbocycles. The fraction of sp³-hybridized carbons (Fsp3) is 0.345. The summed E-state index contributed by atoms with van der Waals surface area (Å²) < 4.78 is 33.5. The van der Waals surface area contributed by atoms with Crippen molar-refractivity contribution in [3.63, 3.8) is 0 Å². The molecule has 1 aliphatic rings. The summed E-state index contributed by atoms with van der Waals surface area (Å²) in [5.41, 5.74) is 3.49. The average molecular weight is 522 g/mol. The summed E-state index contributed by atoms with van der Waals surface area (Å²) >= 11 is 0. The normalized spacial score (nSPS) is 14.6. The lowest BCUT2D eigenvalue weighted by Crippen LogP contribution is -2.41. The number of ether oxygens (including phenoxy) is 1. The van der Waals surface area contributed by atoms with Gasteiger partial charge in [0.05, 0.1) is 23.7 Å². The van der Waals surface area contributed by atoms with Gasteiger partial charge in [-0.1, -0.05) is 29.8 Å². The Kier molecular flexibility index (Phi) is 8.38. The fourth-order valence-electron chi connectivity index (χ4n) is 4.53. The molecule has 0 aliphatic carbocycles. The van der Waals surface area contributed by atoms with Crippen LogP contribution in [0.25, 0.3) is 0 Å². The Bertz CT molecular complexity index is 1280. The lowest BCUT2D eigenvalue weighted by Gasteiger charge is -2.29. The molecular formula is C29H35N3O4S. The quantitative estimate of drug-likeness (QED) is 0.426. The molecule has 1 fully saturated rings. The number of amides is 1. The monoisotopic (exact) mass is 521 g/mol. The number of nitrogens with one attached hydrogen (secondary N) is 1.